The van der Waals surface area contributed by atoms with Gasteiger partial charge in [0.05, 0.1) is 7.11 Å². The lowest BCUT2D eigenvalue weighted by atomic mass is 9.54. The fraction of sp³-hybridized carbons (Fsp3) is 0.625. The first-order valence-corrected chi connectivity index (χ1v) is 7.03. The van der Waals surface area contributed by atoms with Crippen molar-refractivity contribution in [2.75, 3.05) is 13.7 Å². The van der Waals surface area contributed by atoms with Crippen molar-refractivity contribution in [2.24, 2.45) is 5.41 Å². The molecule has 100 valence electrons. The average Bonchev–Trinajstić information content (AvgIpc) is 2.42. The average molecular weight is 247 g/mol. The molecule has 0 saturated heterocycles. The zero-order valence-electron chi connectivity index (χ0n) is 12.0. The molecule has 0 bridgehead atoms. The molecule has 1 saturated carbocycles. The number of hydrogen-bond acceptors (Lipinski definition) is 2. The highest BCUT2D eigenvalue weighted by molar-refractivity contribution is 5.34. The lowest BCUT2D eigenvalue weighted by Gasteiger charge is -2.55. The molecule has 0 amide bonds. The maximum Gasteiger partial charge on any atom is 0.119 e. The van der Waals surface area contributed by atoms with E-state index in [1.807, 2.05) is 6.07 Å². The monoisotopic (exact) mass is 247 g/mol. The van der Waals surface area contributed by atoms with Crippen LogP contribution in [0.5, 0.6) is 5.75 Å². The van der Waals surface area contributed by atoms with Crippen molar-refractivity contribution in [2.45, 2.75) is 45.6 Å². The Balaban J connectivity index is 2.19. The Morgan fingerprint density at radius 1 is 1.39 bits per heavy atom. The molecule has 0 spiro atoms. The molecule has 0 aliphatic heterocycles. The number of hydrogen-bond donors (Lipinski definition) is 1. The Kier molecular flexibility index (Phi) is 3.96. The van der Waals surface area contributed by atoms with Crippen LogP contribution in [-0.2, 0) is 0 Å². The molecule has 3 atom stereocenters. The molecular weight excluding hydrogens is 222 g/mol. The summed E-state index contributed by atoms with van der Waals surface area (Å²) in [5.41, 5.74) is 1.80. The Morgan fingerprint density at radius 3 is 2.78 bits per heavy atom. The first-order valence-electron chi connectivity index (χ1n) is 7.03. The van der Waals surface area contributed by atoms with Crippen LogP contribution in [0.1, 0.15) is 45.1 Å². The summed E-state index contributed by atoms with van der Waals surface area (Å²) in [6.07, 6.45) is 2.46. The van der Waals surface area contributed by atoms with Crippen LogP contribution in [0.25, 0.3) is 0 Å². The Bertz CT molecular complexity index is 404. The van der Waals surface area contributed by atoms with Gasteiger partial charge >= 0.3 is 0 Å². The predicted octanol–water partition coefficient (Wildman–Crippen LogP) is 3.58. The van der Waals surface area contributed by atoms with Gasteiger partial charge in [-0.05, 0) is 48.4 Å². The number of nitrogens with one attached hydrogen (secondary N) is 1. The van der Waals surface area contributed by atoms with Crippen LogP contribution < -0.4 is 10.1 Å². The normalized spacial score (nSPS) is 30.9. The van der Waals surface area contributed by atoms with Crippen LogP contribution in [0.3, 0.4) is 0 Å². The van der Waals surface area contributed by atoms with Gasteiger partial charge in [0, 0.05) is 6.04 Å². The van der Waals surface area contributed by atoms with Gasteiger partial charge in [-0.3, -0.25) is 0 Å². The molecule has 0 heterocycles. The number of ether oxygens (including phenoxy) is 1. The summed E-state index contributed by atoms with van der Waals surface area (Å²) in [6, 6.07) is 9.21. The van der Waals surface area contributed by atoms with Crippen molar-refractivity contribution in [3.05, 3.63) is 29.8 Å². The zero-order valence-corrected chi connectivity index (χ0v) is 12.0. The van der Waals surface area contributed by atoms with Gasteiger partial charge in [-0.2, -0.15) is 0 Å². The van der Waals surface area contributed by atoms with Crippen LogP contribution in [-0.4, -0.2) is 19.7 Å². The summed E-state index contributed by atoms with van der Waals surface area (Å²) in [6.45, 7) is 7.96. The van der Waals surface area contributed by atoms with Crippen molar-refractivity contribution in [1.82, 2.24) is 5.32 Å². The minimum Gasteiger partial charge on any atom is -0.497 e. The van der Waals surface area contributed by atoms with Crippen molar-refractivity contribution >= 4 is 0 Å². The van der Waals surface area contributed by atoms with Gasteiger partial charge in [-0.1, -0.05) is 32.9 Å². The van der Waals surface area contributed by atoms with Crippen molar-refractivity contribution in [3.63, 3.8) is 0 Å². The van der Waals surface area contributed by atoms with Crippen molar-refractivity contribution in [1.29, 1.82) is 0 Å². The lowest BCUT2D eigenvalue weighted by Crippen LogP contribution is -2.56. The Hall–Kier alpha value is -1.02. The van der Waals surface area contributed by atoms with Gasteiger partial charge in [0.15, 0.2) is 0 Å². The molecular formula is C16H25NO. The fourth-order valence-corrected chi connectivity index (χ4v) is 3.29. The molecule has 2 rings (SSSR count). The lowest BCUT2D eigenvalue weighted by molar-refractivity contribution is 0.0454. The van der Waals surface area contributed by atoms with Crippen molar-refractivity contribution in [3.8, 4) is 5.75 Å². The largest absolute Gasteiger partial charge is 0.497 e. The van der Waals surface area contributed by atoms with E-state index in [1.54, 1.807) is 7.11 Å². The smallest absolute Gasteiger partial charge is 0.119 e. The first-order chi connectivity index (χ1) is 8.65. The number of rotatable bonds is 5. The van der Waals surface area contributed by atoms with E-state index in [0.717, 1.165) is 12.3 Å². The molecule has 18 heavy (non-hydrogen) atoms. The molecule has 1 aliphatic carbocycles. The highest BCUT2D eigenvalue weighted by Crippen LogP contribution is 2.55. The summed E-state index contributed by atoms with van der Waals surface area (Å²) in [5, 5.41) is 3.62. The number of benzene rings is 1. The van der Waals surface area contributed by atoms with Gasteiger partial charge < -0.3 is 10.1 Å². The number of methoxy groups -OCH3 is 1. The summed E-state index contributed by atoms with van der Waals surface area (Å²) < 4.78 is 5.33. The second-order valence-corrected chi connectivity index (χ2v) is 5.53. The topological polar surface area (TPSA) is 21.3 Å². The van der Waals surface area contributed by atoms with Crippen LogP contribution in [0, 0.1) is 5.41 Å². The molecule has 0 aromatic heterocycles. The van der Waals surface area contributed by atoms with E-state index in [4.69, 9.17) is 4.74 Å². The van der Waals surface area contributed by atoms with Gasteiger partial charge in [-0.15, -0.1) is 0 Å². The minimum atomic E-state index is 0.377. The maximum absolute atomic E-state index is 5.33. The summed E-state index contributed by atoms with van der Waals surface area (Å²) in [5.74, 6) is 1.62. The standard InChI is InChI=1S/C16H25NO/c1-5-16(3)14(11-15(16)17-6-2)12-8-7-9-13(10-12)18-4/h7-10,14-15,17H,5-6,11H2,1-4H3. The summed E-state index contributed by atoms with van der Waals surface area (Å²) >= 11 is 0. The quantitative estimate of drug-likeness (QED) is 0.858. The highest BCUT2D eigenvalue weighted by Gasteiger charge is 2.50. The SMILES string of the molecule is CCNC1CC(c2cccc(OC)c2)C1(C)CC. The third-order valence-corrected chi connectivity index (χ3v) is 4.77. The van der Waals surface area contributed by atoms with Crippen LogP contribution in [0.15, 0.2) is 24.3 Å². The van der Waals surface area contributed by atoms with E-state index in [1.165, 1.54) is 18.4 Å². The molecule has 1 aromatic rings. The third-order valence-electron chi connectivity index (χ3n) is 4.77. The summed E-state index contributed by atoms with van der Waals surface area (Å²) in [7, 11) is 1.74. The maximum atomic E-state index is 5.33. The second-order valence-electron chi connectivity index (χ2n) is 5.53. The molecule has 0 radical (unpaired) electrons. The van der Waals surface area contributed by atoms with E-state index in [9.17, 15) is 0 Å². The molecule has 1 aliphatic rings. The minimum absolute atomic E-state index is 0.377. The highest BCUT2D eigenvalue weighted by atomic mass is 16.5. The summed E-state index contributed by atoms with van der Waals surface area (Å²) in [4.78, 5) is 0. The molecule has 3 unspecified atom stereocenters. The third kappa shape index (κ3) is 2.14. The molecule has 2 heteroatoms. The molecule has 1 fully saturated rings. The van der Waals surface area contributed by atoms with Gasteiger partial charge in [0.2, 0.25) is 0 Å². The van der Waals surface area contributed by atoms with Crippen LogP contribution in [0.4, 0.5) is 0 Å². The zero-order chi connectivity index (χ0) is 13.2. The fourth-order valence-electron chi connectivity index (χ4n) is 3.29. The van der Waals surface area contributed by atoms with Crippen molar-refractivity contribution < 1.29 is 4.74 Å². The molecule has 2 nitrogen and oxygen atoms in total. The van der Waals surface area contributed by atoms with Gasteiger partial charge in [0.25, 0.3) is 0 Å². The van der Waals surface area contributed by atoms with Gasteiger partial charge in [0.1, 0.15) is 5.75 Å². The first kappa shape index (κ1) is 13.4. The van der Waals surface area contributed by atoms with Gasteiger partial charge in [-0.25, -0.2) is 0 Å². The molecule has 1 aromatic carbocycles. The molecule has 1 N–H and O–H groups in total. The second kappa shape index (κ2) is 5.31. The van der Waals surface area contributed by atoms with E-state index < -0.39 is 0 Å². The van der Waals surface area contributed by atoms with E-state index in [0.29, 0.717) is 17.4 Å². The van der Waals surface area contributed by atoms with E-state index in [-0.39, 0.29) is 0 Å². The predicted molar refractivity (Wildman–Crippen MR) is 76.2 cm³/mol. The Morgan fingerprint density at radius 2 is 2.17 bits per heavy atom. The van der Waals surface area contributed by atoms with Crippen LogP contribution >= 0.6 is 0 Å². The van der Waals surface area contributed by atoms with E-state index in [2.05, 4.69) is 44.3 Å². The van der Waals surface area contributed by atoms with Crippen LogP contribution in [0.2, 0.25) is 0 Å². The van der Waals surface area contributed by atoms with E-state index >= 15 is 0 Å². The Labute approximate surface area is 111 Å².